The first-order chi connectivity index (χ1) is 15.0. The molecule has 0 saturated carbocycles. The molecule has 0 saturated heterocycles. The first-order valence-electron chi connectivity index (χ1n) is 9.24. The second-order valence-corrected chi connectivity index (χ2v) is 8.29. The quantitative estimate of drug-likeness (QED) is 0.299. The Hall–Kier alpha value is -3.04. The van der Waals surface area contributed by atoms with Gasteiger partial charge >= 0.3 is 0 Å². The number of hydrogen-bond acceptors (Lipinski definition) is 5. The number of benzene rings is 2. The molecule has 0 bridgehead atoms. The third-order valence-corrected chi connectivity index (χ3v) is 5.21. The van der Waals surface area contributed by atoms with Crippen LogP contribution >= 0.6 is 31.9 Å². The Labute approximate surface area is 195 Å². The van der Waals surface area contributed by atoms with E-state index in [9.17, 15) is 4.79 Å². The van der Waals surface area contributed by atoms with E-state index in [1.54, 1.807) is 29.2 Å². The van der Waals surface area contributed by atoms with E-state index in [0.29, 0.717) is 17.2 Å². The van der Waals surface area contributed by atoms with Crippen LogP contribution in [-0.2, 0) is 13.3 Å². The molecule has 9 heteroatoms. The summed E-state index contributed by atoms with van der Waals surface area (Å²) in [6.07, 6.45) is 3.22. The molecule has 2 aromatic carbocycles. The van der Waals surface area contributed by atoms with Crippen molar-refractivity contribution < 1.29 is 18.7 Å². The number of halogens is 2. The zero-order valence-corrected chi connectivity index (χ0v) is 19.3. The van der Waals surface area contributed by atoms with Crippen LogP contribution in [0.15, 0.2) is 86.4 Å². The summed E-state index contributed by atoms with van der Waals surface area (Å²) in [5.41, 5.74) is 0.536. The van der Waals surface area contributed by atoms with Gasteiger partial charge in [-0.2, -0.15) is 5.10 Å². The van der Waals surface area contributed by atoms with Crippen molar-refractivity contribution >= 4 is 43.5 Å². The zero-order valence-electron chi connectivity index (χ0n) is 16.1. The molecule has 0 spiro atoms. The SMILES string of the molecule is O=C(Nc1cnn(COc2ccc(Br)cc2)c1)c1ccc(COc2ccc(Br)cc2)o1. The maximum Gasteiger partial charge on any atom is 0.291 e. The van der Waals surface area contributed by atoms with Crippen LogP contribution < -0.4 is 14.8 Å². The topological polar surface area (TPSA) is 78.5 Å². The Morgan fingerprint density at radius 2 is 1.58 bits per heavy atom. The van der Waals surface area contributed by atoms with Gasteiger partial charge in [-0.25, -0.2) is 4.68 Å². The fourth-order valence-corrected chi connectivity index (χ4v) is 3.15. The smallest absolute Gasteiger partial charge is 0.291 e. The summed E-state index contributed by atoms with van der Waals surface area (Å²) in [7, 11) is 0. The molecular formula is C22H17Br2N3O4. The van der Waals surface area contributed by atoms with E-state index in [1.807, 2.05) is 48.5 Å². The van der Waals surface area contributed by atoms with Gasteiger partial charge in [0.1, 0.15) is 23.9 Å². The Morgan fingerprint density at radius 1 is 0.935 bits per heavy atom. The third-order valence-electron chi connectivity index (χ3n) is 4.15. The molecule has 0 radical (unpaired) electrons. The predicted octanol–water partition coefficient (Wildman–Crippen LogP) is 5.87. The summed E-state index contributed by atoms with van der Waals surface area (Å²) in [6.45, 7) is 0.441. The average Bonchev–Trinajstić information content (AvgIpc) is 3.43. The highest BCUT2D eigenvalue weighted by molar-refractivity contribution is 9.10. The van der Waals surface area contributed by atoms with Crippen molar-refractivity contribution in [2.45, 2.75) is 13.3 Å². The summed E-state index contributed by atoms with van der Waals surface area (Å²) in [5, 5.41) is 6.94. The van der Waals surface area contributed by atoms with Gasteiger partial charge in [0.25, 0.3) is 5.91 Å². The van der Waals surface area contributed by atoms with Crippen molar-refractivity contribution in [3.8, 4) is 11.5 Å². The van der Waals surface area contributed by atoms with E-state index in [0.717, 1.165) is 14.7 Å². The van der Waals surface area contributed by atoms with Gasteiger partial charge in [-0.3, -0.25) is 4.79 Å². The van der Waals surface area contributed by atoms with Gasteiger partial charge < -0.3 is 19.2 Å². The number of furan rings is 1. The molecule has 0 aliphatic rings. The lowest BCUT2D eigenvalue weighted by molar-refractivity contribution is 0.0992. The molecule has 7 nitrogen and oxygen atoms in total. The third kappa shape index (κ3) is 5.99. The average molecular weight is 547 g/mol. The van der Waals surface area contributed by atoms with Crippen LogP contribution in [0.5, 0.6) is 11.5 Å². The molecule has 0 aliphatic carbocycles. The number of nitrogens with one attached hydrogen (secondary N) is 1. The first-order valence-corrected chi connectivity index (χ1v) is 10.8. The largest absolute Gasteiger partial charge is 0.486 e. The molecule has 31 heavy (non-hydrogen) atoms. The Balaban J connectivity index is 1.28. The van der Waals surface area contributed by atoms with Gasteiger partial charge in [0.15, 0.2) is 12.5 Å². The number of carbonyl (C=O) groups is 1. The lowest BCUT2D eigenvalue weighted by Crippen LogP contribution is -2.10. The minimum atomic E-state index is -0.372. The van der Waals surface area contributed by atoms with E-state index in [-0.39, 0.29) is 25.0 Å². The van der Waals surface area contributed by atoms with Crippen LogP contribution in [0.25, 0.3) is 0 Å². The number of hydrogen-bond donors (Lipinski definition) is 1. The van der Waals surface area contributed by atoms with Crippen LogP contribution in [-0.4, -0.2) is 15.7 Å². The second-order valence-electron chi connectivity index (χ2n) is 6.46. The van der Waals surface area contributed by atoms with E-state index in [1.165, 1.54) is 0 Å². The van der Waals surface area contributed by atoms with Gasteiger partial charge in [0, 0.05) is 8.95 Å². The summed E-state index contributed by atoms with van der Waals surface area (Å²) in [6, 6.07) is 18.3. The Bertz CT molecular complexity index is 1150. The molecular weight excluding hydrogens is 530 g/mol. The summed E-state index contributed by atoms with van der Waals surface area (Å²) < 4.78 is 20.4. The summed E-state index contributed by atoms with van der Waals surface area (Å²) in [5.74, 6) is 1.80. The van der Waals surface area contributed by atoms with E-state index in [2.05, 4.69) is 42.3 Å². The molecule has 2 aromatic heterocycles. The van der Waals surface area contributed by atoms with E-state index in [4.69, 9.17) is 13.9 Å². The highest BCUT2D eigenvalue weighted by Gasteiger charge is 2.13. The van der Waals surface area contributed by atoms with Crippen LogP contribution in [0, 0.1) is 0 Å². The molecule has 2 heterocycles. The van der Waals surface area contributed by atoms with Crippen molar-refractivity contribution in [3.63, 3.8) is 0 Å². The monoisotopic (exact) mass is 545 g/mol. The number of rotatable bonds is 8. The lowest BCUT2D eigenvalue weighted by atomic mass is 10.3. The fraction of sp³-hybridized carbons (Fsp3) is 0.0909. The summed E-state index contributed by atoms with van der Waals surface area (Å²) in [4.78, 5) is 12.4. The highest BCUT2D eigenvalue weighted by atomic mass is 79.9. The van der Waals surface area contributed by atoms with Crippen molar-refractivity contribution in [3.05, 3.63) is 93.5 Å². The number of amides is 1. The number of anilines is 1. The summed E-state index contributed by atoms with van der Waals surface area (Å²) >= 11 is 6.76. The molecule has 0 unspecified atom stereocenters. The van der Waals surface area contributed by atoms with Gasteiger partial charge in [-0.1, -0.05) is 31.9 Å². The molecule has 1 amide bonds. The molecule has 0 fully saturated rings. The first kappa shape index (κ1) is 21.2. The lowest BCUT2D eigenvalue weighted by Gasteiger charge is -2.06. The maximum atomic E-state index is 12.4. The molecule has 1 N–H and O–H groups in total. The minimum Gasteiger partial charge on any atom is -0.486 e. The molecule has 4 aromatic rings. The Kier molecular flexibility index (Phi) is 6.73. The highest BCUT2D eigenvalue weighted by Crippen LogP contribution is 2.19. The predicted molar refractivity (Wildman–Crippen MR) is 122 cm³/mol. The molecule has 158 valence electrons. The van der Waals surface area contributed by atoms with Gasteiger partial charge in [-0.15, -0.1) is 0 Å². The van der Waals surface area contributed by atoms with E-state index >= 15 is 0 Å². The van der Waals surface area contributed by atoms with Gasteiger partial charge in [0.2, 0.25) is 0 Å². The van der Waals surface area contributed by atoms with Crippen LogP contribution in [0.3, 0.4) is 0 Å². The number of nitrogens with zero attached hydrogens (tertiary/aromatic N) is 2. The van der Waals surface area contributed by atoms with Crippen molar-refractivity contribution in [2.24, 2.45) is 0 Å². The van der Waals surface area contributed by atoms with Crippen molar-refractivity contribution in [1.82, 2.24) is 9.78 Å². The van der Waals surface area contributed by atoms with Gasteiger partial charge in [-0.05, 0) is 60.7 Å². The number of carbonyl (C=O) groups excluding carboxylic acids is 1. The molecule has 0 atom stereocenters. The van der Waals surface area contributed by atoms with E-state index < -0.39 is 0 Å². The van der Waals surface area contributed by atoms with Gasteiger partial charge in [0.05, 0.1) is 18.1 Å². The molecule has 0 aliphatic heterocycles. The van der Waals surface area contributed by atoms with Crippen LogP contribution in [0.4, 0.5) is 5.69 Å². The normalized spacial score (nSPS) is 10.6. The number of ether oxygens (including phenoxy) is 2. The van der Waals surface area contributed by atoms with Crippen molar-refractivity contribution in [1.29, 1.82) is 0 Å². The zero-order chi connectivity index (χ0) is 21.6. The second kappa shape index (κ2) is 9.84. The maximum absolute atomic E-state index is 12.4. The van der Waals surface area contributed by atoms with Crippen LogP contribution in [0.1, 0.15) is 16.3 Å². The molecule has 4 rings (SSSR count). The minimum absolute atomic E-state index is 0.188. The number of aromatic nitrogens is 2. The standard InChI is InChI=1S/C22H17Br2N3O4/c23-15-1-5-18(6-2-15)29-13-20-9-10-21(31-20)22(28)26-17-11-25-27(12-17)14-30-19-7-3-16(24)4-8-19/h1-12H,13-14H2,(H,26,28). The Morgan fingerprint density at radius 3 is 2.26 bits per heavy atom. The van der Waals surface area contributed by atoms with Crippen LogP contribution in [0.2, 0.25) is 0 Å². The van der Waals surface area contributed by atoms with Crippen molar-refractivity contribution in [2.75, 3.05) is 5.32 Å². The fourth-order valence-electron chi connectivity index (χ4n) is 2.63.